The first-order chi connectivity index (χ1) is 12.1. The molecule has 0 unspecified atom stereocenters. The second kappa shape index (κ2) is 7.00. The number of hydrogen-bond acceptors (Lipinski definition) is 6. The summed E-state index contributed by atoms with van der Waals surface area (Å²) < 4.78 is 6.67. The van der Waals surface area contributed by atoms with Crippen LogP contribution in [0.15, 0.2) is 42.9 Å². The lowest BCUT2D eigenvalue weighted by atomic mass is 10.1. The Balaban J connectivity index is 1.93. The van der Waals surface area contributed by atoms with Crippen molar-refractivity contribution in [1.29, 1.82) is 0 Å². The highest BCUT2D eigenvalue weighted by Gasteiger charge is 2.15. The van der Waals surface area contributed by atoms with Crippen LogP contribution in [0.25, 0.3) is 16.9 Å². The minimum absolute atomic E-state index is 0.0613. The smallest absolute Gasteiger partial charge is 0.252 e. The van der Waals surface area contributed by atoms with E-state index in [1.54, 1.807) is 37.5 Å². The van der Waals surface area contributed by atoms with E-state index in [0.29, 0.717) is 29.4 Å². The average Bonchev–Trinajstić information content (AvgIpc) is 3.03. The van der Waals surface area contributed by atoms with Gasteiger partial charge in [-0.15, -0.1) is 0 Å². The topological polar surface area (TPSA) is 102 Å². The number of hydrogen-bond donors (Lipinski definition) is 2. The summed E-state index contributed by atoms with van der Waals surface area (Å²) >= 11 is 0. The third-order valence-electron chi connectivity index (χ3n) is 3.54. The number of rotatable bonds is 5. The molecule has 3 aromatic heterocycles. The lowest BCUT2D eigenvalue weighted by Crippen LogP contribution is -2.18. The van der Waals surface area contributed by atoms with Crippen LogP contribution < -0.4 is 10.1 Å². The number of nitrogens with one attached hydrogen (secondary N) is 1. The van der Waals surface area contributed by atoms with E-state index in [4.69, 9.17) is 4.74 Å². The first-order valence-corrected chi connectivity index (χ1v) is 7.68. The Morgan fingerprint density at radius 2 is 2.12 bits per heavy atom. The van der Waals surface area contributed by atoms with E-state index in [0.717, 1.165) is 5.56 Å². The van der Waals surface area contributed by atoms with E-state index in [2.05, 4.69) is 20.4 Å². The summed E-state index contributed by atoms with van der Waals surface area (Å²) in [5.74, 6) is 0.578. The zero-order chi connectivity index (χ0) is 17.8. The van der Waals surface area contributed by atoms with Gasteiger partial charge < -0.3 is 15.2 Å². The van der Waals surface area contributed by atoms with Gasteiger partial charge in [-0.25, -0.2) is 9.97 Å². The van der Waals surface area contributed by atoms with Gasteiger partial charge >= 0.3 is 0 Å². The average molecular weight is 339 g/mol. The largest absolute Gasteiger partial charge is 0.493 e. The van der Waals surface area contributed by atoms with Crippen molar-refractivity contribution >= 4 is 5.91 Å². The maximum Gasteiger partial charge on any atom is 0.252 e. The molecule has 0 fully saturated rings. The molecule has 0 atom stereocenters. The molecular formula is C17H17N5O3. The number of aromatic nitrogens is 4. The molecule has 0 saturated carbocycles. The number of nitrogens with zero attached hydrogens (tertiary/aromatic N) is 4. The Morgan fingerprint density at radius 1 is 1.28 bits per heavy atom. The summed E-state index contributed by atoms with van der Waals surface area (Å²) in [7, 11) is 1.55. The van der Waals surface area contributed by atoms with E-state index in [9.17, 15) is 9.90 Å². The summed E-state index contributed by atoms with van der Waals surface area (Å²) in [6, 6.07) is 6.71. The van der Waals surface area contributed by atoms with Gasteiger partial charge in [-0.1, -0.05) is 0 Å². The van der Waals surface area contributed by atoms with Gasteiger partial charge in [0, 0.05) is 25.5 Å². The van der Waals surface area contributed by atoms with Gasteiger partial charge in [0.2, 0.25) is 11.8 Å². The second-order valence-corrected chi connectivity index (χ2v) is 5.09. The van der Waals surface area contributed by atoms with Crippen molar-refractivity contribution in [2.75, 3.05) is 13.7 Å². The highest BCUT2D eigenvalue weighted by molar-refractivity contribution is 5.93. The van der Waals surface area contributed by atoms with Crippen molar-refractivity contribution < 1.29 is 14.6 Å². The van der Waals surface area contributed by atoms with Gasteiger partial charge in [0.15, 0.2) is 5.82 Å². The maximum atomic E-state index is 11.6. The Hall–Kier alpha value is -3.42. The zero-order valence-electron chi connectivity index (χ0n) is 13.8. The minimum atomic E-state index is -0.232. The third-order valence-corrected chi connectivity index (χ3v) is 3.54. The quantitative estimate of drug-likeness (QED) is 0.735. The van der Waals surface area contributed by atoms with Crippen LogP contribution in [-0.4, -0.2) is 44.4 Å². The van der Waals surface area contributed by atoms with Crippen LogP contribution >= 0.6 is 0 Å². The van der Waals surface area contributed by atoms with Gasteiger partial charge in [-0.3, -0.25) is 4.79 Å². The van der Waals surface area contributed by atoms with Gasteiger partial charge in [0.1, 0.15) is 0 Å². The molecule has 3 heterocycles. The molecular weight excluding hydrogens is 322 g/mol. The van der Waals surface area contributed by atoms with Crippen molar-refractivity contribution in [3.63, 3.8) is 0 Å². The summed E-state index contributed by atoms with van der Waals surface area (Å²) in [4.78, 5) is 19.8. The highest BCUT2D eigenvalue weighted by atomic mass is 16.5. The standard InChI is InChI=1S/C17H17N5O3/c1-3-25-15-8-11(6-7-19-15)13-10-21-22(17(13)24)14-5-4-12(9-20-14)16(23)18-2/h4-10,24H,3H2,1-2H3,(H,18,23). The van der Waals surface area contributed by atoms with Crippen LogP contribution in [0.3, 0.4) is 0 Å². The maximum absolute atomic E-state index is 11.6. The minimum Gasteiger partial charge on any atom is -0.493 e. The second-order valence-electron chi connectivity index (χ2n) is 5.09. The molecule has 8 heteroatoms. The van der Waals surface area contributed by atoms with E-state index in [-0.39, 0.29) is 11.8 Å². The monoisotopic (exact) mass is 339 g/mol. The molecule has 0 bridgehead atoms. The van der Waals surface area contributed by atoms with Gasteiger partial charge in [-0.05, 0) is 30.7 Å². The predicted octanol–water partition coefficient (Wildman–Crippen LogP) is 1.79. The lowest BCUT2D eigenvalue weighted by molar-refractivity contribution is 0.0962. The van der Waals surface area contributed by atoms with Crippen LogP contribution in [0.2, 0.25) is 0 Å². The molecule has 3 aromatic rings. The number of carbonyl (C=O) groups is 1. The summed E-state index contributed by atoms with van der Waals surface area (Å²) in [6.07, 6.45) is 4.57. The molecule has 0 spiro atoms. The molecule has 3 rings (SSSR count). The van der Waals surface area contributed by atoms with Crippen molar-refractivity contribution in [2.24, 2.45) is 0 Å². The Kier molecular flexibility index (Phi) is 4.60. The molecule has 0 aliphatic heterocycles. The first-order valence-electron chi connectivity index (χ1n) is 7.68. The number of amides is 1. The normalized spacial score (nSPS) is 10.5. The van der Waals surface area contributed by atoms with Gasteiger partial charge in [-0.2, -0.15) is 9.78 Å². The molecule has 0 radical (unpaired) electrons. The summed E-state index contributed by atoms with van der Waals surface area (Å²) in [5, 5.41) is 17.2. The van der Waals surface area contributed by atoms with Crippen LogP contribution in [0.5, 0.6) is 11.8 Å². The molecule has 25 heavy (non-hydrogen) atoms. The van der Waals surface area contributed by atoms with Gasteiger partial charge in [0.25, 0.3) is 5.91 Å². The highest BCUT2D eigenvalue weighted by Crippen LogP contribution is 2.31. The zero-order valence-corrected chi connectivity index (χ0v) is 13.8. The molecule has 1 amide bonds. The third kappa shape index (κ3) is 3.27. The Labute approximate surface area is 144 Å². The van der Waals surface area contributed by atoms with Crippen molar-refractivity contribution in [2.45, 2.75) is 6.92 Å². The van der Waals surface area contributed by atoms with E-state index >= 15 is 0 Å². The van der Waals surface area contributed by atoms with E-state index in [1.807, 2.05) is 6.92 Å². The molecule has 0 saturated heterocycles. The fourth-order valence-electron chi connectivity index (χ4n) is 2.31. The van der Waals surface area contributed by atoms with Crippen LogP contribution in [0.4, 0.5) is 0 Å². The van der Waals surface area contributed by atoms with Gasteiger partial charge in [0.05, 0.1) is 23.9 Å². The van der Waals surface area contributed by atoms with Crippen molar-refractivity contribution in [3.8, 4) is 28.7 Å². The molecule has 0 aromatic carbocycles. The number of carbonyl (C=O) groups excluding carboxylic acids is 1. The van der Waals surface area contributed by atoms with E-state index in [1.165, 1.54) is 17.1 Å². The van der Waals surface area contributed by atoms with E-state index < -0.39 is 0 Å². The summed E-state index contributed by atoms with van der Waals surface area (Å²) in [5.41, 5.74) is 1.68. The Morgan fingerprint density at radius 3 is 2.80 bits per heavy atom. The first kappa shape index (κ1) is 16.4. The number of ether oxygens (including phenoxy) is 1. The molecule has 128 valence electrons. The predicted molar refractivity (Wildman–Crippen MR) is 90.8 cm³/mol. The number of aromatic hydroxyl groups is 1. The van der Waals surface area contributed by atoms with Crippen LogP contribution in [-0.2, 0) is 0 Å². The van der Waals surface area contributed by atoms with Crippen LogP contribution in [0.1, 0.15) is 17.3 Å². The summed E-state index contributed by atoms with van der Waals surface area (Å²) in [6.45, 7) is 2.38. The SMILES string of the molecule is CCOc1cc(-c2cnn(-c3ccc(C(=O)NC)cn3)c2O)ccn1. The Bertz CT molecular complexity index is 890. The van der Waals surface area contributed by atoms with Crippen molar-refractivity contribution in [1.82, 2.24) is 25.1 Å². The molecule has 0 aliphatic rings. The number of pyridine rings is 2. The van der Waals surface area contributed by atoms with Crippen molar-refractivity contribution in [3.05, 3.63) is 48.4 Å². The lowest BCUT2D eigenvalue weighted by Gasteiger charge is -2.06. The molecule has 0 aliphatic carbocycles. The fourth-order valence-corrected chi connectivity index (χ4v) is 2.31. The fraction of sp³-hybridized carbons (Fsp3) is 0.176. The van der Waals surface area contributed by atoms with Crippen LogP contribution in [0, 0.1) is 0 Å². The molecule has 2 N–H and O–H groups in total. The molecule has 8 nitrogen and oxygen atoms in total.